The first-order chi connectivity index (χ1) is 18.8. The molecule has 1 fully saturated rings. The number of piperidine rings is 1. The minimum atomic E-state index is -0.961. The molecule has 0 aliphatic carbocycles. The lowest BCUT2D eigenvalue weighted by Gasteiger charge is -2.36. The van der Waals surface area contributed by atoms with Crippen molar-refractivity contribution in [2.24, 2.45) is 5.92 Å². The summed E-state index contributed by atoms with van der Waals surface area (Å²) >= 11 is 0. The summed E-state index contributed by atoms with van der Waals surface area (Å²) in [6.45, 7) is 2.95. The van der Waals surface area contributed by atoms with Crippen LogP contribution in [0.1, 0.15) is 41.5 Å². The highest BCUT2D eigenvalue weighted by Gasteiger charge is 2.39. The second kappa shape index (κ2) is 12.7. The lowest BCUT2D eigenvalue weighted by atomic mass is 9.80. The van der Waals surface area contributed by atoms with E-state index < -0.39 is 5.60 Å². The van der Waals surface area contributed by atoms with Gasteiger partial charge in [0.1, 0.15) is 0 Å². The van der Waals surface area contributed by atoms with Gasteiger partial charge in [-0.15, -0.1) is 0 Å². The van der Waals surface area contributed by atoms with Crippen LogP contribution in [-0.4, -0.2) is 30.4 Å². The van der Waals surface area contributed by atoms with Gasteiger partial charge in [-0.05, 0) is 67.6 Å². The third-order valence-corrected chi connectivity index (χ3v) is 7.59. The molecule has 0 unspecified atom stereocenters. The van der Waals surface area contributed by atoms with Crippen molar-refractivity contribution in [2.45, 2.75) is 31.3 Å². The first-order valence-corrected chi connectivity index (χ1v) is 13.7. The summed E-state index contributed by atoms with van der Waals surface area (Å²) in [5, 5.41) is 0. The van der Waals surface area contributed by atoms with E-state index >= 15 is 0 Å². The van der Waals surface area contributed by atoms with Crippen LogP contribution in [-0.2, 0) is 21.7 Å². The van der Waals surface area contributed by atoms with Crippen molar-refractivity contribution in [2.75, 3.05) is 19.6 Å². The summed E-state index contributed by atoms with van der Waals surface area (Å²) in [6.07, 6.45) is 3.92. The van der Waals surface area contributed by atoms with Crippen LogP contribution in [0.4, 0.5) is 0 Å². The zero-order chi connectivity index (χ0) is 26.0. The molecular formula is C34H36N2O2. The van der Waals surface area contributed by atoms with Crippen LogP contribution in [0.2, 0.25) is 0 Å². The lowest BCUT2D eigenvalue weighted by molar-refractivity contribution is -0.149. The predicted molar refractivity (Wildman–Crippen MR) is 152 cm³/mol. The van der Waals surface area contributed by atoms with E-state index in [1.54, 1.807) is 0 Å². The minimum absolute atomic E-state index is 0.0406. The molecule has 0 bridgehead atoms. The molecule has 4 aromatic carbocycles. The highest BCUT2D eigenvalue weighted by Crippen LogP contribution is 2.39. The number of amides is 1. The molecule has 1 amide bonds. The molecular weight excluding hydrogens is 468 g/mol. The standard InChI is InChI=1S/C34H36N2O2/c37-33(29-23-26-36(27-24-29)25-13-16-28-14-5-1-6-15-28)35-38-34(30-17-7-2-8-18-30,31-19-9-3-10-20-31)32-21-11-4-12-22-32/h1-12,14-15,17-22,29H,13,16,23-27H2,(H,35,37). The normalized spacial score (nSPS) is 14.7. The maximum Gasteiger partial charge on any atom is 0.246 e. The van der Waals surface area contributed by atoms with E-state index in [1.165, 1.54) is 5.56 Å². The van der Waals surface area contributed by atoms with Gasteiger partial charge in [-0.25, -0.2) is 5.48 Å². The Kier molecular flexibility index (Phi) is 8.64. The number of aryl methyl sites for hydroxylation is 1. The number of carbonyl (C=O) groups excluding carboxylic acids is 1. The molecule has 38 heavy (non-hydrogen) atoms. The number of nitrogens with zero attached hydrogens (tertiary/aromatic N) is 1. The topological polar surface area (TPSA) is 41.6 Å². The van der Waals surface area contributed by atoms with Gasteiger partial charge in [-0.3, -0.25) is 9.63 Å². The van der Waals surface area contributed by atoms with Crippen LogP contribution in [0.25, 0.3) is 0 Å². The minimum Gasteiger partial charge on any atom is -0.303 e. The average Bonchev–Trinajstić information content (AvgIpc) is 3.00. The quantitative estimate of drug-likeness (QED) is 0.202. The summed E-state index contributed by atoms with van der Waals surface area (Å²) in [6, 6.07) is 41.0. The summed E-state index contributed by atoms with van der Waals surface area (Å²) in [4.78, 5) is 22.4. The van der Waals surface area contributed by atoms with Crippen molar-refractivity contribution in [1.82, 2.24) is 10.4 Å². The first kappa shape index (κ1) is 25.9. The fraction of sp³-hybridized carbons (Fsp3) is 0.265. The van der Waals surface area contributed by atoms with Gasteiger partial charge in [0.2, 0.25) is 5.91 Å². The number of likely N-dealkylation sites (tertiary alicyclic amines) is 1. The number of rotatable bonds is 10. The Balaban J connectivity index is 1.26. The molecule has 4 nitrogen and oxygen atoms in total. The number of hydroxylamine groups is 1. The van der Waals surface area contributed by atoms with Gasteiger partial charge in [0.05, 0.1) is 0 Å². The number of nitrogens with one attached hydrogen (secondary N) is 1. The summed E-state index contributed by atoms with van der Waals surface area (Å²) in [7, 11) is 0. The van der Waals surface area contributed by atoms with E-state index in [0.717, 1.165) is 62.0 Å². The van der Waals surface area contributed by atoms with Crippen LogP contribution in [0.3, 0.4) is 0 Å². The Morgan fingerprint density at radius 1 is 0.711 bits per heavy atom. The summed E-state index contributed by atoms with van der Waals surface area (Å²) in [5.41, 5.74) is 6.23. The predicted octanol–water partition coefficient (Wildman–Crippen LogP) is 6.37. The molecule has 1 saturated heterocycles. The van der Waals surface area contributed by atoms with Gasteiger partial charge in [-0.1, -0.05) is 121 Å². The van der Waals surface area contributed by atoms with Crippen molar-refractivity contribution in [3.05, 3.63) is 144 Å². The van der Waals surface area contributed by atoms with E-state index in [-0.39, 0.29) is 11.8 Å². The maximum atomic E-state index is 13.4. The van der Waals surface area contributed by atoms with Gasteiger partial charge >= 0.3 is 0 Å². The van der Waals surface area contributed by atoms with E-state index in [4.69, 9.17) is 4.84 Å². The molecule has 4 aromatic rings. The van der Waals surface area contributed by atoms with E-state index in [0.29, 0.717) is 0 Å². The molecule has 5 rings (SSSR count). The van der Waals surface area contributed by atoms with Gasteiger partial charge in [0.25, 0.3) is 0 Å². The van der Waals surface area contributed by atoms with Crippen molar-refractivity contribution >= 4 is 5.91 Å². The van der Waals surface area contributed by atoms with E-state index in [1.807, 2.05) is 54.6 Å². The van der Waals surface area contributed by atoms with Gasteiger partial charge < -0.3 is 4.90 Å². The highest BCUT2D eigenvalue weighted by atomic mass is 16.7. The highest BCUT2D eigenvalue weighted by molar-refractivity contribution is 5.77. The third-order valence-electron chi connectivity index (χ3n) is 7.59. The van der Waals surface area contributed by atoms with E-state index in [2.05, 4.69) is 77.1 Å². The van der Waals surface area contributed by atoms with E-state index in [9.17, 15) is 4.79 Å². The number of carbonyl (C=O) groups is 1. The molecule has 1 aliphatic heterocycles. The Labute approximate surface area is 226 Å². The molecule has 0 spiro atoms. The Morgan fingerprint density at radius 2 is 1.16 bits per heavy atom. The van der Waals surface area contributed by atoms with Crippen molar-refractivity contribution < 1.29 is 9.63 Å². The van der Waals surface area contributed by atoms with Crippen LogP contribution < -0.4 is 5.48 Å². The van der Waals surface area contributed by atoms with Crippen LogP contribution in [0.5, 0.6) is 0 Å². The zero-order valence-electron chi connectivity index (χ0n) is 21.8. The number of benzene rings is 4. The molecule has 0 radical (unpaired) electrons. The summed E-state index contributed by atoms with van der Waals surface area (Å²) < 4.78 is 0. The first-order valence-electron chi connectivity index (χ1n) is 13.7. The fourth-order valence-electron chi connectivity index (χ4n) is 5.48. The van der Waals surface area contributed by atoms with Crippen molar-refractivity contribution in [3.63, 3.8) is 0 Å². The molecule has 194 valence electrons. The number of hydrogen-bond donors (Lipinski definition) is 1. The second-order valence-electron chi connectivity index (χ2n) is 10.1. The Bertz CT molecular complexity index is 1160. The molecule has 4 heteroatoms. The summed E-state index contributed by atoms with van der Waals surface area (Å²) in [5.74, 6) is -0.0958. The van der Waals surface area contributed by atoms with Crippen molar-refractivity contribution in [3.8, 4) is 0 Å². The Hall–Kier alpha value is -3.73. The van der Waals surface area contributed by atoms with Gasteiger partial charge in [0, 0.05) is 5.92 Å². The molecule has 0 atom stereocenters. The van der Waals surface area contributed by atoms with Gasteiger partial charge in [0.15, 0.2) is 5.60 Å². The molecule has 1 aliphatic rings. The monoisotopic (exact) mass is 504 g/mol. The average molecular weight is 505 g/mol. The van der Waals surface area contributed by atoms with Gasteiger partial charge in [-0.2, -0.15) is 0 Å². The van der Waals surface area contributed by atoms with Crippen LogP contribution >= 0.6 is 0 Å². The maximum absolute atomic E-state index is 13.4. The Morgan fingerprint density at radius 3 is 1.63 bits per heavy atom. The SMILES string of the molecule is O=C(NOC(c1ccccc1)(c1ccccc1)c1ccccc1)C1CCN(CCCc2ccccc2)CC1. The molecule has 0 saturated carbocycles. The number of hydrogen-bond acceptors (Lipinski definition) is 3. The molecule has 1 heterocycles. The third kappa shape index (κ3) is 6.04. The molecule has 0 aromatic heterocycles. The van der Waals surface area contributed by atoms with Crippen LogP contribution in [0.15, 0.2) is 121 Å². The molecule has 1 N–H and O–H groups in total. The zero-order valence-corrected chi connectivity index (χ0v) is 21.8. The van der Waals surface area contributed by atoms with Crippen molar-refractivity contribution in [1.29, 1.82) is 0 Å². The largest absolute Gasteiger partial charge is 0.303 e. The fourth-order valence-corrected chi connectivity index (χ4v) is 5.48. The second-order valence-corrected chi connectivity index (χ2v) is 10.1. The smallest absolute Gasteiger partial charge is 0.246 e. The lowest BCUT2D eigenvalue weighted by Crippen LogP contribution is -2.45. The van der Waals surface area contributed by atoms with Crippen LogP contribution in [0, 0.1) is 5.92 Å².